The first-order valence-corrected chi connectivity index (χ1v) is 6.99. The number of hydrogen-bond acceptors (Lipinski definition) is 4. The smallest absolute Gasteiger partial charge is 0.257 e. The van der Waals surface area contributed by atoms with Gasteiger partial charge in [0, 0.05) is 17.0 Å². The Bertz CT molecular complexity index is 580. The van der Waals surface area contributed by atoms with Gasteiger partial charge in [0.05, 0.1) is 5.69 Å². The molecule has 19 heavy (non-hydrogen) atoms. The molecular weight excluding hydrogens is 258 g/mol. The molecule has 0 bridgehead atoms. The summed E-state index contributed by atoms with van der Waals surface area (Å²) >= 11 is 1.44. The fourth-order valence-electron chi connectivity index (χ4n) is 1.68. The topological polar surface area (TPSA) is 54.0 Å². The molecule has 0 aliphatic rings. The summed E-state index contributed by atoms with van der Waals surface area (Å²) in [7, 11) is 1.88. The molecule has 2 aromatic rings. The third-order valence-electron chi connectivity index (χ3n) is 3.01. The summed E-state index contributed by atoms with van der Waals surface area (Å²) in [6.45, 7) is 3.95. The Morgan fingerprint density at radius 1 is 1.37 bits per heavy atom. The maximum absolute atomic E-state index is 12.1. The third-order valence-corrected chi connectivity index (χ3v) is 3.78. The number of anilines is 1. The van der Waals surface area contributed by atoms with Crippen LogP contribution in [-0.4, -0.2) is 17.9 Å². The Labute approximate surface area is 116 Å². The van der Waals surface area contributed by atoms with Gasteiger partial charge in [0.2, 0.25) is 0 Å². The largest absolute Gasteiger partial charge is 0.312 e. The first-order chi connectivity index (χ1) is 9.11. The summed E-state index contributed by atoms with van der Waals surface area (Å²) < 4.78 is 0. The Balaban J connectivity index is 2.11. The van der Waals surface area contributed by atoms with Crippen molar-refractivity contribution < 1.29 is 4.79 Å². The maximum atomic E-state index is 12.1. The third kappa shape index (κ3) is 3.19. The number of benzene rings is 1. The fourth-order valence-corrected chi connectivity index (χ4v) is 2.48. The van der Waals surface area contributed by atoms with Crippen LogP contribution in [0.2, 0.25) is 0 Å². The molecule has 2 rings (SSSR count). The van der Waals surface area contributed by atoms with Gasteiger partial charge in [-0.2, -0.15) is 0 Å². The number of aromatic nitrogens is 1. The van der Waals surface area contributed by atoms with E-state index < -0.39 is 0 Å². The van der Waals surface area contributed by atoms with Crippen LogP contribution in [-0.2, 0) is 0 Å². The van der Waals surface area contributed by atoms with Crippen molar-refractivity contribution in [2.45, 2.75) is 19.9 Å². The van der Waals surface area contributed by atoms with E-state index in [0.29, 0.717) is 10.7 Å². The Kier molecular flexibility index (Phi) is 4.29. The molecule has 4 nitrogen and oxygen atoms in total. The summed E-state index contributed by atoms with van der Waals surface area (Å²) in [4.78, 5) is 16.5. The van der Waals surface area contributed by atoms with Crippen molar-refractivity contribution in [3.05, 3.63) is 46.5 Å². The first-order valence-electron chi connectivity index (χ1n) is 6.11. The molecule has 2 N–H and O–H groups in total. The maximum Gasteiger partial charge on any atom is 0.257 e. The van der Waals surface area contributed by atoms with Gasteiger partial charge in [-0.15, -0.1) is 11.3 Å². The molecule has 0 saturated heterocycles. The summed E-state index contributed by atoms with van der Waals surface area (Å²) in [5.74, 6) is -0.115. The molecule has 1 aromatic heterocycles. The van der Waals surface area contributed by atoms with Crippen molar-refractivity contribution in [1.82, 2.24) is 10.3 Å². The molecule has 0 aliphatic carbocycles. The van der Waals surface area contributed by atoms with E-state index in [1.807, 2.05) is 50.5 Å². The zero-order valence-electron chi connectivity index (χ0n) is 11.2. The van der Waals surface area contributed by atoms with Gasteiger partial charge in [0.25, 0.3) is 5.91 Å². The lowest BCUT2D eigenvalue weighted by atomic mass is 10.1. The molecule has 1 aromatic carbocycles. The highest BCUT2D eigenvalue weighted by Crippen LogP contribution is 2.21. The van der Waals surface area contributed by atoms with Crippen LogP contribution >= 0.6 is 11.3 Å². The predicted octanol–water partition coefficient (Wildman–Crippen LogP) is 2.98. The molecule has 5 heteroatoms. The van der Waals surface area contributed by atoms with Crippen LogP contribution < -0.4 is 10.6 Å². The molecule has 0 radical (unpaired) electrons. The van der Waals surface area contributed by atoms with Crippen molar-refractivity contribution in [2.75, 3.05) is 12.4 Å². The molecule has 0 aliphatic heterocycles. The van der Waals surface area contributed by atoms with Crippen molar-refractivity contribution in [3.63, 3.8) is 0 Å². The van der Waals surface area contributed by atoms with Crippen molar-refractivity contribution in [2.24, 2.45) is 0 Å². The second kappa shape index (κ2) is 5.95. The van der Waals surface area contributed by atoms with Gasteiger partial charge in [-0.3, -0.25) is 10.1 Å². The van der Waals surface area contributed by atoms with Crippen LogP contribution in [0.3, 0.4) is 0 Å². The normalized spacial score (nSPS) is 12.2. The molecule has 1 atom stereocenters. The van der Waals surface area contributed by atoms with Crippen LogP contribution in [0.5, 0.6) is 0 Å². The lowest BCUT2D eigenvalue weighted by Crippen LogP contribution is -2.15. The number of rotatable bonds is 4. The molecular formula is C14H17N3OS. The van der Waals surface area contributed by atoms with Gasteiger partial charge in [-0.05, 0) is 32.5 Å². The highest BCUT2D eigenvalue weighted by atomic mass is 32.1. The number of thiazole rings is 1. The standard InChI is InChI=1S/C14H17N3OS/c1-9-6-4-5-7-11(9)13(18)17-14-16-12(8-19-14)10(2)15-3/h4-8,10,15H,1-3H3,(H,16,17,18). The minimum Gasteiger partial charge on any atom is -0.312 e. The Morgan fingerprint density at radius 3 is 2.79 bits per heavy atom. The van der Waals surface area contributed by atoms with Gasteiger partial charge < -0.3 is 5.32 Å². The van der Waals surface area contributed by atoms with Crippen molar-refractivity contribution >= 4 is 22.4 Å². The minimum absolute atomic E-state index is 0.115. The molecule has 1 heterocycles. The van der Waals surface area contributed by atoms with Crippen molar-refractivity contribution in [3.8, 4) is 0 Å². The van der Waals surface area contributed by atoms with Crippen LogP contribution in [0.15, 0.2) is 29.6 Å². The number of hydrogen-bond donors (Lipinski definition) is 2. The second-order valence-corrected chi connectivity index (χ2v) is 5.22. The summed E-state index contributed by atoms with van der Waals surface area (Å²) in [5, 5.41) is 8.54. The lowest BCUT2D eigenvalue weighted by molar-refractivity contribution is 0.102. The SMILES string of the molecule is CNC(C)c1csc(NC(=O)c2ccccc2C)n1. The molecule has 1 amide bonds. The molecule has 0 fully saturated rings. The van der Waals surface area contributed by atoms with Crippen LogP contribution in [0.25, 0.3) is 0 Å². The zero-order valence-corrected chi connectivity index (χ0v) is 12.0. The van der Waals surface area contributed by atoms with Gasteiger partial charge in [-0.1, -0.05) is 18.2 Å². The number of nitrogens with one attached hydrogen (secondary N) is 2. The lowest BCUT2D eigenvalue weighted by Gasteiger charge is -2.06. The summed E-state index contributed by atoms with van der Waals surface area (Å²) in [6.07, 6.45) is 0. The van der Waals surface area contributed by atoms with Crippen LogP contribution in [0, 0.1) is 6.92 Å². The summed E-state index contributed by atoms with van der Waals surface area (Å²) in [6, 6.07) is 7.70. The number of amides is 1. The minimum atomic E-state index is -0.115. The van der Waals surface area contributed by atoms with E-state index in [0.717, 1.165) is 11.3 Å². The molecule has 1 unspecified atom stereocenters. The van der Waals surface area contributed by atoms with E-state index in [9.17, 15) is 4.79 Å². The highest BCUT2D eigenvalue weighted by Gasteiger charge is 2.12. The van der Waals surface area contributed by atoms with Crippen LogP contribution in [0.4, 0.5) is 5.13 Å². The van der Waals surface area contributed by atoms with E-state index in [1.54, 1.807) is 0 Å². The van der Waals surface area contributed by atoms with Crippen molar-refractivity contribution in [1.29, 1.82) is 0 Å². The monoisotopic (exact) mass is 275 g/mol. The molecule has 0 spiro atoms. The van der Waals surface area contributed by atoms with E-state index in [4.69, 9.17) is 0 Å². The Morgan fingerprint density at radius 2 is 2.11 bits per heavy atom. The van der Waals surface area contributed by atoms with E-state index in [1.165, 1.54) is 11.3 Å². The number of carbonyl (C=O) groups excluding carboxylic acids is 1. The predicted molar refractivity (Wildman–Crippen MR) is 78.7 cm³/mol. The summed E-state index contributed by atoms with van der Waals surface area (Å²) in [5.41, 5.74) is 2.58. The van der Waals surface area contributed by atoms with Crippen LogP contribution in [0.1, 0.15) is 34.6 Å². The van der Waals surface area contributed by atoms with E-state index in [-0.39, 0.29) is 11.9 Å². The number of aryl methyl sites for hydroxylation is 1. The van der Waals surface area contributed by atoms with Gasteiger partial charge in [0.1, 0.15) is 0 Å². The van der Waals surface area contributed by atoms with E-state index >= 15 is 0 Å². The number of carbonyl (C=O) groups is 1. The molecule has 0 saturated carbocycles. The molecule has 100 valence electrons. The quantitative estimate of drug-likeness (QED) is 0.902. The van der Waals surface area contributed by atoms with Gasteiger partial charge in [-0.25, -0.2) is 4.98 Å². The van der Waals surface area contributed by atoms with E-state index in [2.05, 4.69) is 15.6 Å². The average molecular weight is 275 g/mol. The van der Waals surface area contributed by atoms with Gasteiger partial charge >= 0.3 is 0 Å². The highest BCUT2D eigenvalue weighted by molar-refractivity contribution is 7.14. The fraction of sp³-hybridized carbons (Fsp3) is 0.286. The number of nitrogens with zero attached hydrogens (tertiary/aromatic N) is 1. The Hall–Kier alpha value is -1.72. The second-order valence-electron chi connectivity index (χ2n) is 4.36. The first kappa shape index (κ1) is 13.7. The zero-order chi connectivity index (χ0) is 13.8. The average Bonchev–Trinajstić information content (AvgIpc) is 2.86. The van der Waals surface area contributed by atoms with Gasteiger partial charge in [0.15, 0.2) is 5.13 Å².